The van der Waals surface area contributed by atoms with Gasteiger partial charge in [-0.15, -0.1) is 0 Å². The first-order chi connectivity index (χ1) is 27.0. The summed E-state index contributed by atoms with van der Waals surface area (Å²) in [5, 5.41) is 7.13. The summed E-state index contributed by atoms with van der Waals surface area (Å²) in [6.45, 7) is 0.840. The summed E-state index contributed by atoms with van der Waals surface area (Å²) in [7, 11) is 1.11. The molecule has 15 nitrogen and oxygen atoms in total. The molecule has 0 aromatic carbocycles. The summed E-state index contributed by atoms with van der Waals surface area (Å²) in [6.07, 6.45) is 28.3. The van der Waals surface area contributed by atoms with Crippen LogP contribution in [0.3, 0.4) is 0 Å². The molecule has 16 heteroatoms. The summed E-state index contributed by atoms with van der Waals surface area (Å²) < 4.78 is 33.8. The molecular formula is C40H78N7O8P. The predicted octanol–water partition coefficient (Wildman–Crippen LogP) is 11.2. The summed E-state index contributed by atoms with van der Waals surface area (Å²) in [6, 6.07) is 0. The van der Waals surface area contributed by atoms with Gasteiger partial charge in [0.25, 0.3) is 7.82 Å². The number of phosphoric ester groups is 1. The second kappa shape index (κ2) is 38.2. The lowest BCUT2D eigenvalue weighted by Gasteiger charge is -2.28. The van der Waals surface area contributed by atoms with Crippen molar-refractivity contribution in [1.82, 2.24) is 0 Å². The predicted molar refractivity (Wildman–Crippen MR) is 221 cm³/mol. The molecule has 0 aliphatic heterocycles. The van der Waals surface area contributed by atoms with Crippen molar-refractivity contribution in [3.63, 3.8) is 0 Å². The smallest absolute Gasteiger partial charge is 0.306 e. The van der Waals surface area contributed by atoms with Crippen LogP contribution in [-0.4, -0.2) is 83.1 Å². The Labute approximate surface area is 338 Å². The van der Waals surface area contributed by atoms with Gasteiger partial charge in [-0.05, 0) is 36.7 Å². The number of likely N-dealkylation sites (N-methyl/N-ethyl adjacent to an activating group) is 1. The van der Waals surface area contributed by atoms with Gasteiger partial charge in [0.05, 0.1) is 27.7 Å². The number of ether oxygens (including phenoxy) is 2. The molecule has 2 atom stereocenters. The fourth-order valence-corrected chi connectivity index (χ4v) is 6.87. The number of nitrogens with zero attached hydrogens (tertiary/aromatic N) is 7. The zero-order chi connectivity index (χ0) is 41.4. The number of hydrogen-bond acceptors (Lipinski definition) is 10. The summed E-state index contributed by atoms with van der Waals surface area (Å²) in [5.74, 6) is -0.884. The third kappa shape index (κ3) is 41.3. The molecule has 0 amide bonds. The topological polar surface area (TPSA) is 209 Å². The van der Waals surface area contributed by atoms with Crippen molar-refractivity contribution in [3.8, 4) is 0 Å². The Morgan fingerprint density at radius 3 is 1.30 bits per heavy atom. The molecular weight excluding hydrogens is 737 g/mol. The second-order valence-electron chi connectivity index (χ2n) is 16.0. The highest BCUT2D eigenvalue weighted by molar-refractivity contribution is 7.45. The highest BCUT2D eigenvalue weighted by atomic mass is 31.2. The van der Waals surface area contributed by atoms with Crippen LogP contribution < -0.4 is 4.89 Å². The zero-order valence-corrected chi connectivity index (χ0v) is 36.4. The van der Waals surface area contributed by atoms with Crippen molar-refractivity contribution >= 4 is 19.8 Å². The highest BCUT2D eigenvalue weighted by Gasteiger charge is 2.21. The molecule has 0 aliphatic carbocycles. The minimum Gasteiger partial charge on any atom is -0.756 e. The number of unbranched alkanes of at least 4 members (excludes halogenated alkanes) is 24. The molecule has 0 spiro atoms. The Balaban J connectivity index is 4.29. The van der Waals surface area contributed by atoms with Crippen molar-refractivity contribution in [1.29, 1.82) is 0 Å². The molecule has 0 heterocycles. The molecule has 56 heavy (non-hydrogen) atoms. The van der Waals surface area contributed by atoms with E-state index in [4.69, 9.17) is 29.6 Å². The molecule has 0 aromatic rings. The van der Waals surface area contributed by atoms with E-state index < -0.39 is 32.5 Å². The number of phosphoric acid groups is 1. The Morgan fingerprint density at radius 1 is 0.571 bits per heavy atom. The Kier molecular flexibility index (Phi) is 36.5. The van der Waals surface area contributed by atoms with Crippen molar-refractivity contribution in [3.05, 3.63) is 20.9 Å². The number of quaternary nitrogens is 1. The van der Waals surface area contributed by atoms with E-state index in [1.165, 1.54) is 89.9 Å². The Hall–Kier alpha value is -2.37. The van der Waals surface area contributed by atoms with Crippen molar-refractivity contribution in [2.45, 2.75) is 186 Å². The first-order valence-corrected chi connectivity index (χ1v) is 23.2. The maximum Gasteiger partial charge on any atom is 0.306 e. The van der Waals surface area contributed by atoms with Gasteiger partial charge in [0.2, 0.25) is 0 Å². The van der Waals surface area contributed by atoms with Crippen LogP contribution in [0.25, 0.3) is 20.9 Å². The lowest BCUT2D eigenvalue weighted by atomic mass is 10.0. The molecule has 0 N–H and O–H groups in total. The number of carbonyl (C=O) groups excluding carboxylic acids is 2. The maximum atomic E-state index is 12.7. The Bertz CT molecular complexity index is 1110. The molecule has 326 valence electrons. The van der Waals surface area contributed by atoms with Gasteiger partial charge >= 0.3 is 11.9 Å². The fraction of sp³-hybridized carbons (Fsp3) is 0.950. The van der Waals surface area contributed by atoms with Crippen LogP contribution in [-0.2, 0) is 32.7 Å². The average molecular weight is 816 g/mol. The van der Waals surface area contributed by atoms with E-state index in [0.29, 0.717) is 37.0 Å². The van der Waals surface area contributed by atoms with Crippen LogP contribution in [0.1, 0.15) is 180 Å². The van der Waals surface area contributed by atoms with Gasteiger partial charge in [0.15, 0.2) is 6.10 Å². The Morgan fingerprint density at radius 2 is 0.929 bits per heavy atom. The molecule has 0 bridgehead atoms. The summed E-state index contributed by atoms with van der Waals surface area (Å²) >= 11 is 0. The van der Waals surface area contributed by atoms with Crippen molar-refractivity contribution < 1.29 is 42.1 Å². The molecule has 0 fully saturated rings. The minimum absolute atomic E-state index is 0.0465. The maximum absolute atomic E-state index is 12.7. The minimum atomic E-state index is -4.64. The van der Waals surface area contributed by atoms with Gasteiger partial charge in [-0.2, -0.15) is 0 Å². The normalized spacial score (nSPS) is 13.0. The van der Waals surface area contributed by atoms with E-state index in [1.54, 1.807) is 0 Å². The lowest BCUT2D eigenvalue weighted by molar-refractivity contribution is -0.870. The third-order valence-electron chi connectivity index (χ3n) is 9.56. The van der Waals surface area contributed by atoms with Crippen LogP contribution in [0, 0.1) is 0 Å². The molecule has 0 rings (SSSR count). The van der Waals surface area contributed by atoms with Crippen LogP contribution in [0.5, 0.6) is 0 Å². The van der Waals surface area contributed by atoms with E-state index in [0.717, 1.165) is 64.2 Å². The molecule has 0 aliphatic rings. The van der Waals surface area contributed by atoms with Gasteiger partial charge in [-0.3, -0.25) is 14.2 Å². The van der Waals surface area contributed by atoms with Gasteiger partial charge in [0.1, 0.15) is 19.8 Å². The summed E-state index contributed by atoms with van der Waals surface area (Å²) in [4.78, 5) is 43.1. The average Bonchev–Trinajstić information content (AvgIpc) is 3.15. The van der Waals surface area contributed by atoms with E-state index >= 15 is 0 Å². The first-order valence-electron chi connectivity index (χ1n) is 21.8. The number of hydrogen-bond donors (Lipinski definition) is 0. The van der Waals surface area contributed by atoms with Gasteiger partial charge in [-0.25, -0.2) is 0 Å². The van der Waals surface area contributed by atoms with E-state index in [2.05, 4.69) is 20.1 Å². The van der Waals surface area contributed by atoms with Crippen LogP contribution in [0.4, 0.5) is 0 Å². The number of esters is 2. The van der Waals surface area contributed by atoms with Crippen molar-refractivity contribution in [2.24, 2.45) is 10.2 Å². The molecule has 0 saturated carbocycles. The SMILES string of the molecule is C[N+](C)(C)CCOP(=O)([O-])OCC(COC(=O)CCCCCCCCCCCCCCCN=[N+]=[N-])OC(=O)CCCCCCCCCCCCCCCN=[N+]=[N-]. The standard InChI is InChI=1S/C40H78N7O8P/c1-47(2,3)34-35-53-56(50,51)54-37-38(55-40(49)31-27-23-19-15-11-7-5-9-13-17-21-25-29-33-44-46-42)36-52-39(48)30-26-22-18-14-10-6-4-8-12-16-20-24-28-32-43-45-41/h38H,4-37H2,1-3H3. The quantitative estimate of drug-likeness (QED) is 0.0110. The third-order valence-corrected chi connectivity index (χ3v) is 10.5. The van der Waals surface area contributed by atoms with Crippen LogP contribution in [0.2, 0.25) is 0 Å². The summed E-state index contributed by atoms with van der Waals surface area (Å²) in [5.41, 5.74) is 16.6. The van der Waals surface area contributed by atoms with E-state index in [9.17, 15) is 19.0 Å². The van der Waals surface area contributed by atoms with Crippen LogP contribution in [0.15, 0.2) is 10.2 Å². The highest BCUT2D eigenvalue weighted by Crippen LogP contribution is 2.38. The van der Waals surface area contributed by atoms with Gasteiger partial charge in [0, 0.05) is 35.8 Å². The van der Waals surface area contributed by atoms with Gasteiger partial charge < -0.3 is 27.9 Å². The number of carbonyl (C=O) groups is 2. The monoisotopic (exact) mass is 816 g/mol. The van der Waals surface area contributed by atoms with E-state index in [1.807, 2.05) is 21.1 Å². The van der Waals surface area contributed by atoms with Crippen LogP contribution >= 0.6 is 7.82 Å². The molecule has 2 unspecified atom stereocenters. The van der Waals surface area contributed by atoms with Gasteiger partial charge in [-0.1, -0.05) is 151 Å². The van der Waals surface area contributed by atoms with E-state index in [-0.39, 0.29) is 26.1 Å². The van der Waals surface area contributed by atoms with Crippen molar-refractivity contribution in [2.75, 3.05) is 60.6 Å². The molecule has 0 saturated heterocycles. The number of azide groups is 2. The number of rotatable bonds is 42. The first kappa shape index (κ1) is 53.6. The molecule has 0 aromatic heterocycles. The molecule has 0 radical (unpaired) electrons. The fourth-order valence-electron chi connectivity index (χ4n) is 6.14. The lowest BCUT2D eigenvalue weighted by Crippen LogP contribution is -2.37. The zero-order valence-electron chi connectivity index (χ0n) is 35.5. The second-order valence-corrected chi connectivity index (χ2v) is 17.4. The largest absolute Gasteiger partial charge is 0.756 e.